The van der Waals surface area contributed by atoms with Gasteiger partial charge in [0.1, 0.15) is 12.2 Å². The maximum Gasteiger partial charge on any atom is 0.409 e. The molecule has 4 rings (SSSR count). The molecule has 0 aromatic heterocycles. The van der Waals surface area contributed by atoms with Crippen molar-refractivity contribution in [2.75, 3.05) is 25.0 Å². The monoisotopic (exact) mass is 404 g/mol. The molecule has 2 aliphatic rings. The van der Waals surface area contributed by atoms with Crippen LogP contribution in [-0.4, -0.2) is 47.5 Å². The summed E-state index contributed by atoms with van der Waals surface area (Å²) in [4.78, 5) is 28.9. The summed E-state index contributed by atoms with van der Waals surface area (Å²) < 4.78 is 5.10. The molecule has 2 heterocycles. The van der Waals surface area contributed by atoms with E-state index < -0.39 is 0 Å². The Kier molecular flexibility index (Phi) is 5.57. The quantitative estimate of drug-likeness (QED) is 0.839. The Morgan fingerprint density at radius 2 is 1.87 bits per heavy atom. The number of nitrogens with one attached hydrogen (secondary N) is 1. The highest BCUT2D eigenvalue weighted by Crippen LogP contribution is 2.38. The van der Waals surface area contributed by atoms with Gasteiger partial charge in [-0.3, -0.25) is 4.79 Å². The van der Waals surface area contributed by atoms with Crippen LogP contribution in [-0.2, 0) is 4.74 Å². The highest BCUT2D eigenvalue weighted by atomic mass is 16.6. The molecule has 1 N–H and O–H groups in total. The molecular weight excluding hydrogens is 380 g/mol. The number of hydrogen-bond acceptors (Lipinski definition) is 5. The first-order chi connectivity index (χ1) is 14.6. The maximum absolute atomic E-state index is 13.3. The molecule has 2 aromatic carbocycles. The zero-order valence-corrected chi connectivity index (χ0v) is 16.9. The molecule has 2 aromatic rings. The fourth-order valence-corrected chi connectivity index (χ4v) is 4.26. The largest absolute Gasteiger partial charge is 0.450 e. The Labute approximate surface area is 175 Å². The van der Waals surface area contributed by atoms with Crippen LogP contribution in [0.5, 0.6) is 0 Å². The minimum atomic E-state index is -0.359. The van der Waals surface area contributed by atoms with Crippen molar-refractivity contribution < 1.29 is 14.3 Å². The van der Waals surface area contributed by atoms with Crippen LogP contribution in [0.15, 0.2) is 48.5 Å². The van der Waals surface area contributed by atoms with Crippen molar-refractivity contribution in [2.45, 2.75) is 32.0 Å². The lowest BCUT2D eigenvalue weighted by Gasteiger charge is -2.39. The van der Waals surface area contributed by atoms with Gasteiger partial charge in [0.2, 0.25) is 0 Å². The van der Waals surface area contributed by atoms with E-state index in [0.717, 1.165) is 5.56 Å². The van der Waals surface area contributed by atoms with Crippen LogP contribution in [0.4, 0.5) is 10.5 Å². The number of carbonyl (C=O) groups is 2. The van der Waals surface area contributed by atoms with Gasteiger partial charge in [-0.05, 0) is 38.0 Å². The number of ether oxygens (including phenoxy) is 1. The molecule has 0 aliphatic carbocycles. The second-order valence-electron chi connectivity index (χ2n) is 7.42. The van der Waals surface area contributed by atoms with E-state index >= 15 is 0 Å². The highest BCUT2D eigenvalue weighted by molar-refractivity contribution is 5.99. The molecule has 154 valence electrons. The van der Waals surface area contributed by atoms with Gasteiger partial charge in [-0.1, -0.05) is 30.3 Å². The van der Waals surface area contributed by atoms with Gasteiger partial charge in [0.25, 0.3) is 5.91 Å². The molecule has 1 atom stereocenters. The molecule has 1 fully saturated rings. The summed E-state index contributed by atoms with van der Waals surface area (Å²) in [5, 5.41) is 12.9. The van der Waals surface area contributed by atoms with Crippen molar-refractivity contribution in [3.8, 4) is 6.07 Å². The fourth-order valence-electron chi connectivity index (χ4n) is 4.26. The lowest BCUT2D eigenvalue weighted by Crippen LogP contribution is -2.49. The number of piperidine rings is 1. The van der Waals surface area contributed by atoms with E-state index in [1.54, 1.807) is 17.9 Å². The number of nitrogens with zero attached hydrogens (tertiary/aromatic N) is 3. The summed E-state index contributed by atoms with van der Waals surface area (Å²) in [6.45, 7) is 3.24. The van der Waals surface area contributed by atoms with Crippen LogP contribution < -0.4 is 5.32 Å². The SMILES string of the molecule is CCOC(=O)N1CCC(N2C(=O)c3ccccc3[C@@H]2Nc2ccccc2C#N)CC1. The molecule has 30 heavy (non-hydrogen) atoms. The van der Waals surface area contributed by atoms with Crippen LogP contribution in [0.25, 0.3) is 0 Å². The number of benzene rings is 2. The molecule has 0 saturated carbocycles. The number of fused-ring (bicyclic) bond motifs is 1. The van der Waals surface area contributed by atoms with Crippen LogP contribution in [0.3, 0.4) is 0 Å². The van der Waals surface area contributed by atoms with E-state index in [1.807, 2.05) is 47.4 Å². The fraction of sp³-hybridized carbons (Fsp3) is 0.348. The molecule has 2 aliphatic heterocycles. The second-order valence-corrected chi connectivity index (χ2v) is 7.42. The van der Waals surface area contributed by atoms with E-state index in [-0.39, 0.29) is 24.2 Å². The number of carbonyl (C=O) groups excluding carboxylic acids is 2. The number of anilines is 1. The van der Waals surface area contributed by atoms with Crippen molar-refractivity contribution >= 4 is 17.7 Å². The smallest absolute Gasteiger partial charge is 0.409 e. The second kappa shape index (κ2) is 8.46. The Bertz CT molecular complexity index is 992. The zero-order chi connectivity index (χ0) is 21.1. The molecule has 7 heteroatoms. The van der Waals surface area contributed by atoms with Gasteiger partial charge in [0.05, 0.1) is 17.9 Å². The minimum Gasteiger partial charge on any atom is -0.450 e. The van der Waals surface area contributed by atoms with Crippen molar-refractivity contribution in [1.82, 2.24) is 9.80 Å². The van der Waals surface area contributed by atoms with Gasteiger partial charge < -0.3 is 19.9 Å². The Morgan fingerprint density at radius 3 is 2.60 bits per heavy atom. The topological polar surface area (TPSA) is 85.7 Å². The maximum atomic E-state index is 13.3. The molecule has 2 amide bonds. The standard InChI is InChI=1S/C23H24N4O3/c1-2-30-23(29)26-13-11-17(12-14-26)27-21(18-8-4-5-9-19(18)22(27)28)25-20-10-6-3-7-16(20)15-24/h3-10,17,21,25H,2,11-14H2,1H3/t21-/m1/s1. The predicted molar refractivity (Wildman–Crippen MR) is 112 cm³/mol. The lowest BCUT2D eigenvalue weighted by molar-refractivity contribution is 0.0496. The molecule has 7 nitrogen and oxygen atoms in total. The summed E-state index contributed by atoms with van der Waals surface area (Å²) in [5.74, 6) is -0.0212. The van der Waals surface area contributed by atoms with Crippen LogP contribution >= 0.6 is 0 Å². The van der Waals surface area contributed by atoms with Gasteiger partial charge in [0, 0.05) is 30.3 Å². The Hall–Kier alpha value is -3.53. The first-order valence-corrected chi connectivity index (χ1v) is 10.2. The van der Waals surface area contributed by atoms with Crippen molar-refractivity contribution in [2.24, 2.45) is 0 Å². The third-order valence-corrected chi connectivity index (χ3v) is 5.72. The van der Waals surface area contributed by atoms with Crippen molar-refractivity contribution in [1.29, 1.82) is 5.26 Å². The number of nitriles is 1. The third kappa shape index (κ3) is 3.57. The number of hydrogen-bond donors (Lipinski definition) is 1. The summed E-state index contributed by atoms with van der Waals surface area (Å²) in [6, 6.07) is 17.1. The number of para-hydroxylation sites is 1. The zero-order valence-electron chi connectivity index (χ0n) is 16.9. The normalized spacial score (nSPS) is 18.7. The molecule has 0 unspecified atom stereocenters. The van der Waals surface area contributed by atoms with Crippen LogP contribution in [0.2, 0.25) is 0 Å². The molecule has 0 spiro atoms. The van der Waals surface area contributed by atoms with Gasteiger partial charge in [-0.15, -0.1) is 0 Å². The number of likely N-dealkylation sites (tertiary alicyclic amines) is 1. The molecule has 0 bridgehead atoms. The van der Waals surface area contributed by atoms with Crippen molar-refractivity contribution in [3.63, 3.8) is 0 Å². The average Bonchev–Trinajstić information content (AvgIpc) is 3.06. The minimum absolute atomic E-state index is 0.0117. The Balaban J connectivity index is 1.59. The van der Waals surface area contributed by atoms with Crippen LogP contribution in [0, 0.1) is 11.3 Å². The van der Waals surface area contributed by atoms with Crippen molar-refractivity contribution in [3.05, 3.63) is 65.2 Å². The predicted octanol–water partition coefficient (Wildman–Crippen LogP) is 3.75. The number of amides is 2. The summed E-state index contributed by atoms with van der Waals surface area (Å²) in [7, 11) is 0. The lowest BCUT2D eigenvalue weighted by atomic mass is 10.0. The summed E-state index contributed by atoms with van der Waals surface area (Å²) in [6.07, 6.45) is 0.694. The molecule has 0 radical (unpaired) electrons. The van der Waals surface area contributed by atoms with E-state index in [4.69, 9.17) is 4.74 Å². The Morgan fingerprint density at radius 1 is 1.17 bits per heavy atom. The molecule has 1 saturated heterocycles. The van der Waals surface area contributed by atoms with Gasteiger partial charge in [-0.2, -0.15) is 5.26 Å². The van der Waals surface area contributed by atoms with E-state index in [9.17, 15) is 14.9 Å². The van der Waals surface area contributed by atoms with E-state index in [2.05, 4.69) is 11.4 Å². The van der Waals surface area contributed by atoms with Gasteiger partial charge >= 0.3 is 6.09 Å². The van der Waals surface area contributed by atoms with Crippen LogP contribution in [0.1, 0.15) is 47.4 Å². The third-order valence-electron chi connectivity index (χ3n) is 5.72. The number of rotatable bonds is 4. The average molecular weight is 404 g/mol. The van der Waals surface area contributed by atoms with E-state index in [1.165, 1.54) is 0 Å². The van der Waals surface area contributed by atoms with Gasteiger partial charge in [-0.25, -0.2) is 4.79 Å². The molecular formula is C23H24N4O3. The highest BCUT2D eigenvalue weighted by Gasteiger charge is 2.42. The van der Waals surface area contributed by atoms with Gasteiger partial charge in [0.15, 0.2) is 0 Å². The first-order valence-electron chi connectivity index (χ1n) is 10.2. The first kappa shape index (κ1) is 19.8. The summed E-state index contributed by atoms with van der Waals surface area (Å²) in [5.41, 5.74) is 2.81. The summed E-state index contributed by atoms with van der Waals surface area (Å²) >= 11 is 0. The van der Waals surface area contributed by atoms with E-state index in [0.29, 0.717) is 49.4 Å².